The number of esters is 1. The summed E-state index contributed by atoms with van der Waals surface area (Å²) in [6, 6.07) is 0. The summed E-state index contributed by atoms with van der Waals surface area (Å²) in [5, 5.41) is 0. The summed E-state index contributed by atoms with van der Waals surface area (Å²) >= 11 is 0. The number of allylic oxidation sites excluding steroid dienone is 3. The van der Waals surface area contributed by atoms with Gasteiger partial charge < -0.3 is 4.74 Å². The summed E-state index contributed by atoms with van der Waals surface area (Å²) in [5.41, 5.74) is 2.82. The summed E-state index contributed by atoms with van der Waals surface area (Å²) < 4.78 is 5.43. The minimum Gasteiger partial charge on any atom is -0.461 e. The molecular weight excluding hydrogens is 336 g/mol. The van der Waals surface area contributed by atoms with Crippen LogP contribution in [0.1, 0.15) is 66.2 Å². The fourth-order valence-electron chi connectivity index (χ4n) is 7.91. The number of carbonyl (C=O) groups is 2. The minimum absolute atomic E-state index is 0.00297. The average molecular weight is 369 g/mol. The largest absolute Gasteiger partial charge is 0.461 e. The topological polar surface area (TPSA) is 43.4 Å². The Balaban J connectivity index is 1.56. The van der Waals surface area contributed by atoms with E-state index in [2.05, 4.69) is 39.8 Å². The SMILES string of the molecule is CC1(C)C(=O)CC[C@]2(C)[C@H]3CC[C@]4(C)[C@H]5C(=O)OCC5=CC[C@H]4C3=CC[C@@H]12. The zero-order valence-corrected chi connectivity index (χ0v) is 17.1. The first-order valence-corrected chi connectivity index (χ1v) is 10.8. The van der Waals surface area contributed by atoms with E-state index in [1.165, 1.54) is 5.57 Å². The second-order valence-corrected chi connectivity index (χ2v) is 10.8. The van der Waals surface area contributed by atoms with Crippen LogP contribution in [0, 0.1) is 39.9 Å². The Morgan fingerprint density at radius 3 is 2.52 bits per heavy atom. The molecule has 6 atom stereocenters. The lowest BCUT2D eigenvalue weighted by Crippen LogP contribution is -2.56. The second kappa shape index (κ2) is 5.36. The van der Waals surface area contributed by atoms with Crippen LogP contribution in [0.3, 0.4) is 0 Å². The van der Waals surface area contributed by atoms with Gasteiger partial charge in [0, 0.05) is 11.8 Å². The lowest BCUT2D eigenvalue weighted by Gasteiger charge is -2.61. The molecule has 4 aliphatic carbocycles. The zero-order valence-electron chi connectivity index (χ0n) is 17.1. The highest BCUT2D eigenvalue weighted by atomic mass is 16.5. The van der Waals surface area contributed by atoms with Crippen LogP contribution in [0.15, 0.2) is 23.3 Å². The van der Waals surface area contributed by atoms with E-state index in [1.54, 1.807) is 5.57 Å². The van der Waals surface area contributed by atoms with Crippen molar-refractivity contribution in [2.75, 3.05) is 6.61 Å². The number of carbonyl (C=O) groups excluding carboxylic acids is 2. The van der Waals surface area contributed by atoms with Gasteiger partial charge in [-0.05, 0) is 66.3 Å². The van der Waals surface area contributed by atoms with Crippen molar-refractivity contribution in [2.45, 2.75) is 66.2 Å². The van der Waals surface area contributed by atoms with E-state index in [0.717, 1.165) is 38.5 Å². The van der Waals surface area contributed by atoms with E-state index in [4.69, 9.17) is 4.74 Å². The molecule has 3 nitrogen and oxygen atoms in total. The van der Waals surface area contributed by atoms with Crippen molar-refractivity contribution < 1.29 is 14.3 Å². The van der Waals surface area contributed by atoms with Crippen LogP contribution in [0.2, 0.25) is 0 Å². The number of rotatable bonds is 0. The fourth-order valence-corrected chi connectivity index (χ4v) is 7.91. The van der Waals surface area contributed by atoms with Crippen molar-refractivity contribution in [3.63, 3.8) is 0 Å². The standard InChI is InChI=1S/C24H32O3/c1-22(2)18-8-6-15-16-7-5-14-13-27-21(26)20(14)24(16,4)11-9-17(15)23(18,3)12-10-19(22)25/h5-6,16-18,20H,7-13H2,1-4H3/t16-,17-,18-,20+,23+,24-/m0/s1. The molecular formula is C24H32O3. The third-order valence-corrected chi connectivity index (χ3v) is 9.50. The molecule has 0 radical (unpaired) electrons. The van der Waals surface area contributed by atoms with E-state index in [-0.39, 0.29) is 28.1 Å². The molecule has 5 rings (SSSR count). The van der Waals surface area contributed by atoms with Crippen LogP contribution in [-0.4, -0.2) is 18.4 Å². The third-order valence-electron chi connectivity index (χ3n) is 9.50. The summed E-state index contributed by atoms with van der Waals surface area (Å²) in [7, 11) is 0. The second-order valence-electron chi connectivity index (χ2n) is 10.8. The number of Topliss-reactive ketones (excluding diaryl/α,β-unsaturated/α-hetero) is 1. The lowest BCUT2D eigenvalue weighted by molar-refractivity contribution is -0.149. The van der Waals surface area contributed by atoms with Gasteiger partial charge in [-0.1, -0.05) is 45.4 Å². The van der Waals surface area contributed by atoms with Crippen LogP contribution in [0.4, 0.5) is 0 Å². The van der Waals surface area contributed by atoms with Crippen molar-refractivity contribution in [3.05, 3.63) is 23.3 Å². The first-order chi connectivity index (χ1) is 12.7. The van der Waals surface area contributed by atoms with Crippen molar-refractivity contribution in [1.29, 1.82) is 0 Å². The molecule has 1 saturated heterocycles. The lowest BCUT2D eigenvalue weighted by atomic mass is 9.42. The maximum absolute atomic E-state index is 12.6. The molecule has 0 spiro atoms. The molecule has 0 unspecified atom stereocenters. The molecule has 0 aromatic heterocycles. The first-order valence-electron chi connectivity index (χ1n) is 10.8. The van der Waals surface area contributed by atoms with Gasteiger partial charge in [0.05, 0.1) is 5.92 Å². The number of hydrogen-bond donors (Lipinski definition) is 0. The Morgan fingerprint density at radius 1 is 0.963 bits per heavy atom. The molecule has 0 aromatic rings. The van der Waals surface area contributed by atoms with Crippen LogP contribution in [0.5, 0.6) is 0 Å². The molecule has 3 heteroatoms. The number of ketones is 1. The van der Waals surface area contributed by atoms with Gasteiger partial charge in [0.15, 0.2) is 0 Å². The predicted molar refractivity (Wildman–Crippen MR) is 104 cm³/mol. The molecule has 0 amide bonds. The highest BCUT2D eigenvalue weighted by Gasteiger charge is 2.61. The monoisotopic (exact) mass is 368 g/mol. The number of cyclic esters (lactones) is 1. The van der Waals surface area contributed by atoms with Gasteiger partial charge in [-0.3, -0.25) is 9.59 Å². The molecule has 2 saturated carbocycles. The first kappa shape index (κ1) is 17.7. The van der Waals surface area contributed by atoms with Crippen molar-refractivity contribution in [2.24, 2.45) is 39.9 Å². The Hall–Kier alpha value is -1.38. The van der Waals surface area contributed by atoms with Gasteiger partial charge in [-0.25, -0.2) is 0 Å². The van der Waals surface area contributed by atoms with Gasteiger partial charge in [0.25, 0.3) is 0 Å². The quantitative estimate of drug-likeness (QED) is 0.453. The highest BCUT2D eigenvalue weighted by molar-refractivity contribution is 5.85. The Morgan fingerprint density at radius 2 is 1.74 bits per heavy atom. The maximum atomic E-state index is 12.6. The maximum Gasteiger partial charge on any atom is 0.314 e. The summed E-state index contributed by atoms with van der Waals surface area (Å²) in [4.78, 5) is 25.2. The predicted octanol–water partition coefficient (Wildman–Crippen LogP) is 4.86. The Bertz CT molecular complexity index is 787. The number of fused-ring (bicyclic) bond motifs is 7. The van der Waals surface area contributed by atoms with Crippen molar-refractivity contribution in [1.82, 2.24) is 0 Å². The van der Waals surface area contributed by atoms with E-state index in [0.29, 0.717) is 30.1 Å². The van der Waals surface area contributed by atoms with Crippen molar-refractivity contribution >= 4 is 11.8 Å². The van der Waals surface area contributed by atoms with Crippen LogP contribution in [0.25, 0.3) is 0 Å². The van der Waals surface area contributed by atoms with Crippen LogP contribution < -0.4 is 0 Å². The van der Waals surface area contributed by atoms with Gasteiger partial charge in [0.2, 0.25) is 0 Å². The van der Waals surface area contributed by atoms with E-state index < -0.39 is 0 Å². The Labute approximate surface area is 162 Å². The number of ether oxygens (including phenoxy) is 1. The van der Waals surface area contributed by atoms with Gasteiger partial charge in [-0.2, -0.15) is 0 Å². The molecule has 0 N–H and O–H groups in total. The molecule has 3 fully saturated rings. The van der Waals surface area contributed by atoms with Gasteiger partial charge in [0.1, 0.15) is 12.4 Å². The van der Waals surface area contributed by atoms with Gasteiger partial charge >= 0.3 is 5.97 Å². The van der Waals surface area contributed by atoms with Crippen LogP contribution >= 0.6 is 0 Å². The minimum atomic E-state index is -0.218. The summed E-state index contributed by atoms with van der Waals surface area (Å²) in [6.07, 6.45) is 10.8. The zero-order chi connectivity index (χ0) is 19.2. The molecule has 27 heavy (non-hydrogen) atoms. The molecule has 1 heterocycles. The summed E-state index contributed by atoms with van der Waals surface area (Å²) in [5.74, 6) is 1.87. The molecule has 0 bridgehead atoms. The molecule has 146 valence electrons. The Kier molecular flexibility index (Phi) is 3.51. The van der Waals surface area contributed by atoms with Gasteiger partial charge in [-0.15, -0.1) is 0 Å². The molecule has 0 aromatic carbocycles. The normalized spacial score (nSPS) is 47.7. The number of hydrogen-bond acceptors (Lipinski definition) is 3. The summed E-state index contributed by atoms with van der Waals surface area (Å²) in [6.45, 7) is 9.65. The van der Waals surface area contributed by atoms with E-state index in [1.807, 2.05) is 0 Å². The molecule has 5 aliphatic rings. The smallest absolute Gasteiger partial charge is 0.314 e. The average Bonchev–Trinajstić information content (AvgIpc) is 3.00. The van der Waals surface area contributed by atoms with Crippen molar-refractivity contribution in [3.8, 4) is 0 Å². The highest BCUT2D eigenvalue weighted by Crippen LogP contribution is 2.67. The van der Waals surface area contributed by atoms with E-state index >= 15 is 0 Å². The van der Waals surface area contributed by atoms with Crippen LogP contribution in [-0.2, 0) is 14.3 Å². The van der Waals surface area contributed by atoms with E-state index in [9.17, 15) is 9.59 Å². The molecule has 1 aliphatic heterocycles. The fraction of sp³-hybridized carbons (Fsp3) is 0.750. The third kappa shape index (κ3) is 2.09.